The second-order valence-electron chi connectivity index (χ2n) is 9.00. The third-order valence-corrected chi connectivity index (χ3v) is 10.1. The zero-order valence-electron chi connectivity index (χ0n) is 16.1. The summed E-state index contributed by atoms with van der Waals surface area (Å²) >= 11 is 12.4. The van der Waals surface area contributed by atoms with Crippen LogP contribution in [0.25, 0.3) is 0 Å². The Morgan fingerprint density at radius 1 is 1.39 bits per heavy atom. The van der Waals surface area contributed by atoms with Crippen molar-refractivity contribution in [3.05, 3.63) is 46.5 Å². The molecule has 2 aliphatic carbocycles. The molecule has 4 nitrogen and oxygen atoms in total. The van der Waals surface area contributed by atoms with Crippen LogP contribution < -0.4 is 0 Å². The number of rotatable bonds is 4. The average Bonchev–Trinajstić information content (AvgIpc) is 3.07. The number of nitrogens with zero attached hydrogens (tertiary/aromatic N) is 1. The summed E-state index contributed by atoms with van der Waals surface area (Å²) in [5, 5.41) is 0.841. The SMILES string of the molecule is C=CC[C@H](C(=O)N1C2CC3CCC2(CS1(=O)=O)C3(C)C)c1ccc(Cl)cc1Cl. The number of benzene rings is 1. The van der Waals surface area contributed by atoms with Crippen molar-refractivity contribution < 1.29 is 13.2 Å². The smallest absolute Gasteiger partial charge is 0.244 e. The predicted molar refractivity (Wildman–Crippen MR) is 112 cm³/mol. The Labute approximate surface area is 176 Å². The van der Waals surface area contributed by atoms with Crippen molar-refractivity contribution in [1.82, 2.24) is 4.31 Å². The molecule has 3 unspecified atom stereocenters. The van der Waals surface area contributed by atoms with E-state index in [-0.39, 0.29) is 22.6 Å². The Morgan fingerprint density at radius 3 is 2.71 bits per heavy atom. The zero-order chi connectivity index (χ0) is 20.5. The lowest BCUT2D eigenvalue weighted by atomic mass is 9.69. The van der Waals surface area contributed by atoms with E-state index < -0.39 is 21.8 Å². The highest BCUT2D eigenvalue weighted by Gasteiger charge is 2.72. The summed E-state index contributed by atoms with van der Waals surface area (Å²) in [5.41, 5.74) is 0.176. The molecule has 1 aromatic carbocycles. The van der Waals surface area contributed by atoms with Crippen molar-refractivity contribution in [2.45, 2.75) is 51.5 Å². The number of halogens is 2. The maximum Gasteiger partial charge on any atom is 0.244 e. The molecule has 1 heterocycles. The van der Waals surface area contributed by atoms with E-state index in [2.05, 4.69) is 20.4 Å². The van der Waals surface area contributed by atoms with Crippen LogP contribution in [0.2, 0.25) is 10.0 Å². The first-order valence-corrected chi connectivity index (χ1v) is 12.0. The maximum atomic E-state index is 13.6. The van der Waals surface area contributed by atoms with E-state index in [1.165, 1.54) is 4.31 Å². The lowest BCUT2D eigenvalue weighted by molar-refractivity contribution is -0.130. The van der Waals surface area contributed by atoms with Gasteiger partial charge in [-0.15, -0.1) is 6.58 Å². The minimum Gasteiger partial charge on any atom is -0.273 e. The van der Waals surface area contributed by atoms with Gasteiger partial charge < -0.3 is 0 Å². The summed E-state index contributed by atoms with van der Waals surface area (Å²) in [6.45, 7) is 8.10. The third kappa shape index (κ3) is 2.62. The molecular formula is C21H25Cl2NO3S. The van der Waals surface area contributed by atoms with Crippen molar-refractivity contribution in [2.75, 3.05) is 5.75 Å². The fourth-order valence-electron chi connectivity index (χ4n) is 6.04. The highest BCUT2D eigenvalue weighted by Crippen LogP contribution is 2.70. The molecule has 1 spiro atoms. The summed E-state index contributed by atoms with van der Waals surface area (Å²) in [5.74, 6) is -0.557. The fraction of sp³-hybridized carbons (Fsp3) is 0.571. The van der Waals surface area contributed by atoms with Gasteiger partial charge in [-0.1, -0.05) is 49.2 Å². The average molecular weight is 442 g/mol. The highest BCUT2D eigenvalue weighted by molar-refractivity contribution is 7.90. The van der Waals surface area contributed by atoms with Crippen LogP contribution in [0, 0.1) is 16.7 Å². The molecule has 4 atom stereocenters. The topological polar surface area (TPSA) is 54.5 Å². The molecular weight excluding hydrogens is 417 g/mol. The molecule has 4 rings (SSSR count). The van der Waals surface area contributed by atoms with Gasteiger partial charge in [0.2, 0.25) is 15.9 Å². The quantitative estimate of drug-likeness (QED) is 0.616. The Hall–Kier alpha value is -1.04. The minimum atomic E-state index is -3.67. The van der Waals surface area contributed by atoms with Crippen molar-refractivity contribution >= 4 is 39.1 Å². The number of hydrogen-bond donors (Lipinski definition) is 0. The number of amides is 1. The van der Waals surface area contributed by atoms with Crippen molar-refractivity contribution in [3.8, 4) is 0 Å². The van der Waals surface area contributed by atoms with Gasteiger partial charge in [-0.05, 0) is 54.7 Å². The number of carbonyl (C=O) groups excluding carboxylic acids is 1. The molecule has 0 aromatic heterocycles. The van der Waals surface area contributed by atoms with Crippen LogP contribution in [-0.4, -0.2) is 30.4 Å². The Morgan fingerprint density at radius 2 is 2.11 bits per heavy atom. The van der Waals surface area contributed by atoms with Crippen LogP contribution in [0.5, 0.6) is 0 Å². The van der Waals surface area contributed by atoms with E-state index in [1.807, 2.05) is 0 Å². The number of sulfonamides is 1. The van der Waals surface area contributed by atoms with Crippen LogP contribution in [0.1, 0.15) is 51.0 Å². The molecule has 0 N–H and O–H groups in total. The number of carbonyl (C=O) groups is 1. The fourth-order valence-corrected chi connectivity index (χ4v) is 9.16. The molecule has 7 heteroatoms. The third-order valence-electron chi connectivity index (χ3n) is 7.67. The Balaban J connectivity index is 1.76. The highest BCUT2D eigenvalue weighted by atomic mass is 35.5. The van der Waals surface area contributed by atoms with Gasteiger partial charge in [0.15, 0.2) is 0 Å². The van der Waals surface area contributed by atoms with Gasteiger partial charge in [-0.2, -0.15) is 0 Å². The van der Waals surface area contributed by atoms with Gasteiger partial charge in [0, 0.05) is 15.5 Å². The van der Waals surface area contributed by atoms with E-state index in [9.17, 15) is 13.2 Å². The second kappa shape index (κ2) is 6.48. The van der Waals surface area contributed by atoms with Crippen LogP contribution in [0.15, 0.2) is 30.9 Å². The molecule has 1 saturated heterocycles. The standard InChI is InChI=1S/C21H25Cl2NO3S/c1-4-5-16(15-7-6-14(22)11-17(15)23)19(25)24-18-10-13-8-9-21(18,20(13,2)3)12-28(24,26)27/h4,6-7,11,13,16,18H,1,5,8-10,12H2,2-3H3/t13?,16-,18?,21?/m0/s1. The van der Waals surface area contributed by atoms with Gasteiger partial charge in [-0.25, -0.2) is 12.7 Å². The number of allylic oxidation sites excluding steroid dienone is 1. The zero-order valence-corrected chi connectivity index (χ0v) is 18.4. The molecule has 152 valence electrons. The van der Waals surface area contributed by atoms with E-state index in [0.717, 1.165) is 19.3 Å². The summed E-state index contributed by atoms with van der Waals surface area (Å²) in [7, 11) is -3.67. The van der Waals surface area contributed by atoms with Gasteiger partial charge in [0.05, 0.1) is 17.7 Å². The Kier molecular flexibility index (Phi) is 4.68. The molecule has 1 amide bonds. The van der Waals surface area contributed by atoms with E-state index >= 15 is 0 Å². The van der Waals surface area contributed by atoms with Gasteiger partial charge in [0.25, 0.3) is 0 Å². The lowest BCUT2D eigenvalue weighted by Gasteiger charge is -2.37. The van der Waals surface area contributed by atoms with Gasteiger partial charge >= 0.3 is 0 Å². The molecule has 28 heavy (non-hydrogen) atoms. The molecule has 3 fully saturated rings. The summed E-state index contributed by atoms with van der Waals surface area (Å²) in [4.78, 5) is 13.6. The number of fused-ring (bicyclic) bond motifs is 1. The largest absolute Gasteiger partial charge is 0.273 e. The minimum absolute atomic E-state index is 0.0645. The molecule has 1 aliphatic heterocycles. The van der Waals surface area contributed by atoms with Crippen molar-refractivity contribution in [1.29, 1.82) is 0 Å². The molecule has 2 saturated carbocycles. The molecule has 1 aromatic rings. The first-order valence-electron chi connectivity index (χ1n) is 9.67. The van der Waals surface area contributed by atoms with Crippen molar-refractivity contribution in [3.63, 3.8) is 0 Å². The Bertz CT molecular complexity index is 958. The summed E-state index contributed by atoms with van der Waals surface area (Å²) < 4.78 is 27.6. The number of hydrogen-bond acceptors (Lipinski definition) is 3. The first-order chi connectivity index (χ1) is 13.0. The maximum absolute atomic E-state index is 13.6. The van der Waals surface area contributed by atoms with E-state index in [4.69, 9.17) is 23.2 Å². The van der Waals surface area contributed by atoms with Crippen LogP contribution in [-0.2, 0) is 14.8 Å². The second-order valence-corrected chi connectivity index (χ2v) is 11.7. The summed E-state index contributed by atoms with van der Waals surface area (Å²) in [6, 6.07) is 4.71. The van der Waals surface area contributed by atoms with Crippen molar-refractivity contribution in [2.24, 2.45) is 16.7 Å². The first kappa shape index (κ1) is 20.2. The van der Waals surface area contributed by atoms with E-state index in [0.29, 0.717) is 27.9 Å². The van der Waals surface area contributed by atoms with Crippen LogP contribution in [0.4, 0.5) is 0 Å². The van der Waals surface area contributed by atoms with Crippen LogP contribution >= 0.6 is 23.2 Å². The lowest BCUT2D eigenvalue weighted by Crippen LogP contribution is -2.45. The predicted octanol–water partition coefficient (Wildman–Crippen LogP) is 5.02. The normalized spacial score (nSPS) is 32.9. The van der Waals surface area contributed by atoms with Gasteiger partial charge in [0.1, 0.15) is 0 Å². The molecule has 2 bridgehead atoms. The van der Waals surface area contributed by atoms with Crippen LogP contribution in [0.3, 0.4) is 0 Å². The van der Waals surface area contributed by atoms with Gasteiger partial charge in [-0.3, -0.25) is 4.79 Å². The summed E-state index contributed by atoms with van der Waals surface area (Å²) in [6.07, 6.45) is 4.62. The molecule has 3 aliphatic rings. The van der Waals surface area contributed by atoms with E-state index in [1.54, 1.807) is 24.3 Å². The molecule has 0 radical (unpaired) electrons. The monoisotopic (exact) mass is 441 g/mol.